The van der Waals surface area contributed by atoms with E-state index >= 15 is 0 Å². The summed E-state index contributed by atoms with van der Waals surface area (Å²) in [6.07, 6.45) is 3.67. The number of rotatable bonds is 2. The van der Waals surface area contributed by atoms with E-state index in [9.17, 15) is 0 Å². The summed E-state index contributed by atoms with van der Waals surface area (Å²) in [4.78, 5) is 0. The zero-order valence-electron chi connectivity index (χ0n) is 8.21. The minimum absolute atomic E-state index is 0.352. The fourth-order valence-corrected chi connectivity index (χ4v) is 2.12. The highest BCUT2D eigenvalue weighted by Gasteiger charge is 2.27. The molecule has 1 saturated carbocycles. The average molecular weight is 168 g/mol. The molecule has 0 unspecified atom stereocenters. The third kappa shape index (κ3) is 2.10. The molecule has 1 N–H and O–H groups in total. The Balaban J connectivity index is 2.49. The Labute approximate surface area is 75.5 Å². The van der Waals surface area contributed by atoms with Crippen molar-refractivity contribution in [2.45, 2.75) is 33.1 Å². The Morgan fingerprint density at radius 3 is 2.67 bits per heavy atom. The number of aliphatic hydroxyl groups is 1. The molecule has 1 fully saturated rings. The Morgan fingerprint density at radius 1 is 1.50 bits per heavy atom. The van der Waals surface area contributed by atoms with Gasteiger partial charge in [-0.1, -0.05) is 19.1 Å². The van der Waals surface area contributed by atoms with Gasteiger partial charge >= 0.3 is 0 Å². The molecule has 1 heteroatoms. The van der Waals surface area contributed by atoms with Crippen LogP contribution in [-0.4, -0.2) is 11.7 Å². The first-order valence-corrected chi connectivity index (χ1v) is 4.91. The van der Waals surface area contributed by atoms with Crippen molar-refractivity contribution in [3.63, 3.8) is 0 Å². The number of hydrogen-bond donors (Lipinski definition) is 1. The second-order valence-corrected chi connectivity index (χ2v) is 4.28. The van der Waals surface area contributed by atoms with E-state index in [1.54, 1.807) is 0 Å². The molecule has 1 aliphatic carbocycles. The molecule has 0 saturated heterocycles. The molecule has 12 heavy (non-hydrogen) atoms. The second-order valence-electron chi connectivity index (χ2n) is 4.28. The normalized spacial score (nSPS) is 36.4. The van der Waals surface area contributed by atoms with Crippen LogP contribution in [0.25, 0.3) is 0 Å². The quantitative estimate of drug-likeness (QED) is 0.628. The molecule has 1 nitrogen and oxygen atoms in total. The van der Waals surface area contributed by atoms with E-state index < -0.39 is 0 Å². The highest BCUT2D eigenvalue weighted by molar-refractivity contribution is 4.99. The Hall–Kier alpha value is -0.300. The van der Waals surface area contributed by atoms with Gasteiger partial charge in [-0.3, -0.25) is 0 Å². The molecule has 3 atom stereocenters. The predicted molar refractivity (Wildman–Crippen MR) is 51.9 cm³/mol. The first-order chi connectivity index (χ1) is 5.65. The molecule has 1 rings (SSSR count). The van der Waals surface area contributed by atoms with E-state index in [2.05, 4.69) is 20.4 Å². The standard InChI is InChI=1S/C11H20O/c1-8(2)10-5-4-9(3)11(6-10)7-12/h9-12H,1,4-7H2,2-3H3/t9-,10-,11-/m0/s1. The molecule has 0 amide bonds. The van der Waals surface area contributed by atoms with Crippen molar-refractivity contribution < 1.29 is 5.11 Å². The average Bonchev–Trinajstić information content (AvgIpc) is 2.05. The lowest BCUT2D eigenvalue weighted by molar-refractivity contribution is 0.124. The summed E-state index contributed by atoms with van der Waals surface area (Å²) in [5, 5.41) is 9.13. The van der Waals surface area contributed by atoms with Crippen molar-refractivity contribution in [2.75, 3.05) is 6.61 Å². The highest BCUT2D eigenvalue weighted by atomic mass is 16.3. The van der Waals surface area contributed by atoms with Crippen LogP contribution < -0.4 is 0 Å². The monoisotopic (exact) mass is 168 g/mol. The molecular weight excluding hydrogens is 148 g/mol. The number of aliphatic hydroxyl groups excluding tert-OH is 1. The van der Waals surface area contributed by atoms with Gasteiger partial charge in [-0.2, -0.15) is 0 Å². The fourth-order valence-electron chi connectivity index (χ4n) is 2.12. The minimum Gasteiger partial charge on any atom is -0.396 e. The van der Waals surface area contributed by atoms with Crippen LogP contribution in [0.2, 0.25) is 0 Å². The van der Waals surface area contributed by atoms with Gasteiger partial charge in [0.1, 0.15) is 0 Å². The summed E-state index contributed by atoms with van der Waals surface area (Å²) in [7, 11) is 0. The minimum atomic E-state index is 0.352. The van der Waals surface area contributed by atoms with E-state index in [0.717, 1.165) is 6.42 Å². The number of hydrogen-bond acceptors (Lipinski definition) is 1. The maximum atomic E-state index is 9.13. The van der Waals surface area contributed by atoms with Crippen molar-refractivity contribution in [2.24, 2.45) is 17.8 Å². The van der Waals surface area contributed by atoms with Gasteiger partial charge in [0.25, 0.3) is 0 Å². The van der Waals surface area contributed by atoms with Crippen LogP contribution in [0.1, 0.15) is 33.1 Å². The van der Waals surface area contributed by atoms with Crippen molar-refractivity contribution >= 4 is 0 Å². The lowest BCUT2D eigenvalue weighted by Gasteiger charge is -2.33. The van der Waals surface area contributed by atoms with Crippen molar-refractivity contribution in [1.29, 1.82) is 0 Å². The zero-order valence-corrected chi connectivity index (χ0v) is 8.21. The van der Waals surface area contributed by atoms with Gasteiger partial charge in [0.2, 0.25) is 0 Å². The maximum absolute atomic E-state index is 9.13. The summed E-state index contributed by atoms with van der Waals surface area (Å²) >= 11 is 0. The molecule has 0 aromatic rings. The van der Waals surface area contributed by atoms with Gasteiger partial charge in [0, 0.05) is 6.61 Å². The van der Waals surface area contributed by atoms with Gasteiger partial charge in [-0.05, 0) is 43.9 Å². The van der Waals surface area contributed by atoms with Gasteiger partial charge < -0.3 is 5.11 Å². The molecular formula is C11H20O. The fraction of sp³-hybridized carbons (Fsp3) is 0.818. The van der Waals surface area contributed by atoms with Gasteiger partial charge in [0.05, 0.1) is 0 Å². The van der Waals surface area contributed by atoms with Crippen LogP contribution in [0.5, 0.6) is 0 Å². The van der Waals surface area contributed by atoms with Crippen LogP contribution in [0.15, 0.2) is 12.2 Å². The zero-order chi connectivity index (χ0) is 9.14. The van der Waals surface area contributed by atoms with Crippen LogP contribution in [0.3, 0.4) is 0 Å². The smallest absolute Gasteiger partial charge is 0.0462 e. The van der Waals surface area contributed by atoms with Crippen LogP contribution in [0, 0.1) is 17.8 Å². The molecule has 0 spiro atoms. The largest absolute Gasteiger partial charge is 0.396 e. The lowest BCUT2D eigenvalue weighted by atomic mass is 9.73. The molecule has 70 valence electrons. The van der Waals surface area contributed by atoms with Gasteiger partial charge in [0.15, 0.2) is 0 Å². The second kappa shape index (κ2) is 4.08. The van der Waals surface area contributed by atoms with Crippen molar-refractivity contribution in [3.8, 4) is 0 Å². The first kappa shape index (κ1) is 9.79. The molecule has 1 aliphatic rings. The molecule has 0 aromatic heterocycles. The lowest BCUT2D eigenvalue weighted by Crippen LogP contribution is -2.25. The Bertz CT molecular complexity index is 162. The van der Waals surface area contributed by atoms with Gasteiger partial charge in [-0.25, -0.2) is 0 Å². The molecule has 0 bridgehead atoms. The first-order valence-electron chi connectivity index (χ1n) is 4.91. The highest BCUT2D eigenvalue weighted by Crippen LogP contribution is 2.36. The van der Waals surface area contributed by atoms with Crippen LogP contribution in [-0.2, 0) is 0 Å². The van der Waals surface area contributed by atoms with E-state index in [-0.39, 0.29) is 0 Å². The summed E-state index contributed by atoms with van der Waals surface area (Å²) < 4.78 is 0. The summed E-state index contributed by atoms with van der Waals surface area (Å²) in [5.74, 6) is 1.88. The van der Waals surface area contributed by atoms with E-state index in [1.165, 1.54) is 18.4 Å². The summed E-state index contributed by atoms with van der Waals surface area (Å²) in [6, 6.07) is 0. The van der Waals surface area contributed by atoms with Crippen LogP contribution >= 0.6 is 0 Å². The van der Waals surface area contributed by atoms with E-state index in [0.29, 0.717) is 24.4 Å². The maximum Gasteiger partial charge on any atom is 0.0462 e. The van der Waals surface area contributed by atoms with E-state index in [4.69, 9.17) is 5.11 Å². The Kier molecular flexibility index (Phi) is 3.33. The third-order valence-corrected chi connectivity index (χ3v) is 3.29. The van der Waals surface area contributed by atoms with E-state index in [1.807, 2.05) is 0 Å². The van der Waals surface area contributed by atoms with Crippen molar-refractivity contribution in [1.82, 2.24) is 0 Å². The Morgan fingerprint density at radius 2 is 2.17 bits per heavy atom. The molecule has 0 aromatic carbocycles. The predicted octanol–water partition coefficient (Wildman–Crippen LogP) is 2.61. The SMILES string of the molecule is C=C(C)[C@H]1CC[C@H](C)[C@H](CO)C1. The van der Waals surface area contributed by atoms with Crippen LogP contribution in [0.4, 0.5) is 0 Å². The third-order valence-electron chi connectivity index (χ3n) is 3.29. The van der Waals surface area contributed by atoms with Gasteiger partial charge in [-0.15, -0.1) is 0 Å². The molecule has 0 heterocycles. The molecule has 0 aliphatic heterocycles. The topological polar surface area (TPSA) is 20.2 Å². The molecule has 0 radical (unpaired) electrons. The van der Waals surface area contributed by atoms with Crippen molar-refractivity contribution in [3.05, 3.63) is 12.2 Å². The summed E-state index contributed by atoms with van der Waals surface area (Å²) in [5.41, 5.74) is 1.29. The summed E-state index contributed by atoms with van der Waals surface area (Å²) in [6.45, 7) is 8.69. The number of allylic oxidation sites excluding steroid dienone is 1.